The molecule has 2 unspecified atom stereocenters. The van der Waals surface area contributed by atoms with Crippen molar-refractivity contribution >= 4 is 12.0 Å². The molecule has 5 heteroatoms. The van der Waals surface area contributed by atoms with E-state index in [2.05, 4.69) is 15.4 Å². The summed E-state index contributed by atoms with van der Waals surface area (Å²) < 4.78 is 4.65. The van der Waals surface area contributed by atoms with E-state index in [4.69, 9.17) is 0 Å². The third-order valence-corrected chi connectivity index (χ3v) is 1.66. The highest BCUT2D eigenvalue weighted by molar-refractivity contribution is 5.90. The van der Waals surface area contributed by atoms with Gasteiger partial charge in [-0.3, -0.25) is 0 Å². The maximum absolute atomic E-state index is 10.7. The van der Waals surface area contributed by atoms with E-state index >= 15 is 0 Å². The Kier molecular flexibility index (Phi) is 0.893. The Bertz CT molecular complexity index is 203. The molecule has 54 valence electrons. The number of carbonyl (C=O) groups is 2. The largest absolute Gasteiger partial charge is 0.462 e. The van der Waals surface area contributed by atoms with Crippen molar-refractivity contribution in [1.82, 2.24) is 10.6 Å². The van der Waals surface area contributed by atoms with E-state index in [1.807, 2.05) is 0 Å². The molecule has 0 aromatic carbocycles. The third kappa shape index (κ3) is 0.570. The fraction of sp³-hybridized carbons (Fsp3) is 0.600. The van der Waals surface area contributed by atoms with Crippen molar-refractivity contribution in [1.29, 1.82) is 0 Å². The predicted molar refractivity (Wildman–Crippen MR) is 30.2 cm³/mol. The Morgan fingerprint density at radius 1 is 1.40 bits per heavy atom. The number of carbonyl (C=O) groups excluding carboxylic acids is 2. The maximum Gasteiger partial charge on any atom is 0.331 e. The first-order valence-corrected chi connectivity index (χ1v) is 3.01. The lowest BCUT2D eigenvalue weighted by Gasteiger charge is -1.97. The molecule has 2 rings (SSSR count). The standard InChI is InChI=1S/C5H6N2O3/c8-4-3-2(1-10-4)6-5(9)7-3/h2-3H,1H2,(H2,6,7,9). The molecular formula is C5H6N2O3. The molecule has 0 bridgehead atoms. The van der Waals surface area contributed by atoms with Crippen molar-refractivity contribution in [3.63, 3.8) is 0 Å². The van der Waals surface area contributed by atoms with Gasteiger partial charge in [0.2, 0.25) is 0 Å². The van der Waals surface area contributed by atoms with Crippen molar-refractivity contribution in [2.45, 2.75) is 12.1 Å². The number of ether oxygens (including phenoxy) is 1. The monoisotopic (exact) mass is 142 g/mol. The normalized spacial score (nSPS) is 36.4. The van der Waals surface area contributed by atoms with Crippen LogP contribution in [0.25, 0.3) is 0 Å². The molecule has 2 aliphatic heterocycles. The lowest BCUT2D eigenvalue weighted by atomic mass is 10.2. The van der Waals surface area contributed by atoms with Crippen LogP contribution in [0.3, 0.4) is 0 Å². The Labute approximate surface area is 56.7 Å². The lowest BCUT2D eigenvalue weighted by molar-refractivity contribution is -0.139. The average molecular weight is 142 g/mol. The summed E-state index contributed by atoms with van der Waals surface area (Å²) in [5, 5.41) is 4.99. The Morgan fingerprint density at radius 2 is 2.20 bits per heavy atom. The Balaban J connectivity index is 2.19. The van der Waals surface area contributed by atoms with Crippen LogP contribution in [0.2, 0.25) is 0 Å². The molecular weight excluding hydrogens is 136 g/mol. The van der Waals surface area contributed by atoms with Gasteiger partial charge in [-0.25, -0.2) is 9.59 Å². The molecule has 0 aromatic heterocycles. The van der Waals surface area contributed by atoms with Crippen molar-refractivity contribution < 1.29 is 14.3 Å². The van der Waals surface area contributed by atoms with Crippen LogP contribution in [0.5, 0.6) is 0 Å². The molecule has 0 spiro atoms. The first-order valence-electron chi connectivity index (χ1n) is 3.01. The van der Waals surface area contributed by atoms with Gasteiger partial charge in [-0.15, -0.1) is 0 Å². The summed E-state index contributed by atoms with van der Waals surface area (Å²) in [6.45, 7) is 0.294. The first-order chi connectivity index (χ1) is 4.77. The number of esters is 1. The number of hydrogen-bond donors (Lipinski definition) is 2. The smallest absolute Gasteiger partial charge is 0.331 e. The van der Waals surface area contributed by atoms with E-state index < -0.39 is 6.04 Å². The van der Waals surface area contributed by atoms with Gasteiger partial charge in [-0.1, -0.05) is 0 Å². The van der Waals surface area contributed by atoms with Gasteiger partial charge in [-0.05, 0) is 0 Å². The SMILES string of the molecule is O=C1NC2COC(=O)C2N1. The van der Waals surface area contributed by atoms with Gasteiger partial charge in [0.15, 0.2) is 6.04 Å². The molecule has 0 aliphatic carbocycles. The van der Waals surface area contributed by atoms with Crippen LogP contribution < -0.4 is 10.6 Å². The Hall–Kier alpha value is -1.26. The van der Waals surface area contributed by atoms with Gasteiger partial charge in [0.25, 0.3) is 0 Å². The fourth-order valence-corrected chi connectivity index (χ4v) is 1.16. The molecule has 2 N–H and O–H groups in total. The fourth-order valence-electron chi connectivity index (χ4n) is 1.16. The van der Waals surface area contributed by atoms with Gasteiger partial charge < -0.3 is 15.4 Å². The average Bonchev–Trinajstić information content (AvgIpc) is 2.35. The molecule has 2 fully saturated rings. The van der Waals surface area contributed by atoms with E-state index in [0.717, 1.165) is 0 Å². The van der Waals surface area contributed by atoms with Crippen molar-refractivity contribution in [3.05, 3.63) is 0 Å². The minimum atomic E-state index is -0.451. The summed E-state index contributed by atoms with van der Waals surface area (Å²) in [6.07, 6.45) is 0. The zero-order valence-electron chi connectivity index (χ0n) is 5.09. The number of fused-ring (bicyclic) bond motifs is 1. The summed E-state index contributed by atoms with van der Waals surface area (Å²) in [5.74, 6) is -0.344. The zero-order valence-corrected chi connectivity index (χ0v) is 5.09. The third-order valence-electron chi connectivity index (χ3n) is 1.66. The molecule has 2 atom stereocenters. The quantitative estimate of drug-likeness (QED) is 0.408. The maximum atomic E-state index is 10.7. The summed E-state index contributed by atoms with van der Waals surface area (Å²) in [5.41, 5.74) is 0. The number of amides is 2. The van der Waals surface area contributed by atoms with E-state index in [9.17, 15) is 9.59 Å². The van der Waals surface area contributed by atoms with E-state index in [1.54, 1.807) is 0 Å². The van der Waals surface area contributed by atoms with Crippen molar-refractivity contribution in [2.24, 2.45) is 0 Å². The summed E-state index contributed by atoms with van der Waals surface area (Å²) in [4.78, 5) is 21.3. The van der Waals surface area contributed by atoms with Crippen molar-refractivity contribution in [2.75, 3.05) is 6.61 Å². The minimum Gasteiger partial charge on any atom is -0.462 e. The first kappa shape index (κ1) is 5.52. The molecule has 2 heterocycles. The highest BCUT2D eigenvalue weighted by atomic mass is 16.5. The number of cyclic esters (lactones) is 1. The van der Waals surface area contributed by atoms with Crippen LogP contribution in [0.1, 0.15) is 0 Å². The molecule has 5 nitrogen and oxygen atoms in total. The summed E-state index contributed by atoms with van der Waals surface area (Å²) in [7, 11) is 0. The molecule has 2 amide bonds. The number of rotatable bonds is 0. The van der Waals surface area contributed by atoms with Gasteiger partial charge >= 0.3 is 12.0 Å². The van der Waals surface area contributed by atoms with Gasteiger partial charge in [0, 0.05) is 0 Å². The predicted octanol–water partition coefficient (Wildman–Crippen LogP) is -1.41. The minimum absolute atomic E-state index is 0.153. The van der Waals surface area contributed by atoms with Crippen LogP contribution >= 0.6 is 0 Å². The molecule has 0 aromatic rings. The van der Waals surface area contributed by atoms with E-state index in [0.29, 0.717) is 6.61 Å². The second-order valence-corrected chi connectivity index (χ2v) is 2.33. The second-order valence-electron chi connectivity index (χ2n) is 2.33. The van der Waals surface area contributed by atoms with E-state index in [-0.39, 0.29) is 18.0 Å². The van der Waals surface area contributed by atoms with Crippen LogP contribution in [-0.4, -0.2) is 30.7 Å². The summed E-state index contributed by atoms with van der Waals surface area (Å²) in [6, 6.07) is -0.890. The summed E-state index contributed by atoms with van der Waals surface area (Å²) >= 11 is 0. The van der Waals surface area contributed by atoms with Gasteiger partial charge in [0.05, 0.1) is 6.04 Å². The molecule has 10 heavy (non-hydrogen) atoms. The van der Waals surface area contributed by atoms with Crippen LogP contribution in [-0.2, 0) is 9.53 Å². The van der Waals surface area contributed by atoms with Gasteiger partial charge in [-0.2, -0.15) is 0 Å². The topological polar surface area (TPSA) is 67.4 Å². The lowest BCUT2D eigenvalue weighted by Crippen LogP contribution is -2.34. The van der Waals surface area contributed by atoms with Crippen LogP contribution in [0.15, 0.2) is 0 Å². The highest BCUT2D eigenvalue weighted by Crippen LogP contribution is 2.11. The highest BCUT2D eigenvalue weighted by Gasteiger charge is 2.43. The second kappa shape index (κ2) is 1.62. The zero-order chi connectivity index (χ0) is 7.14. The van der Waals surface area contributed by atoms with Gasteiger partial charge in [0.1, 0.15) is 6.61 Å². The number of nitrogens with one attached hydrogen (secondary N) is 2. The number of urea groups is 1. The molecule has 2 saturated heterocycles. The van der Waals surface area contributed by atoms with E-state index in [1.165, 1.54) is 0 Å². The van der Waals surface area contributed by atoms with Crippen LogP contribution in [0, 0.1) is 0 Å². The molecule has 2 aliphatic rings. The van der Waals surface area contributed by atoms with Crippen LogP contribution in [0.4, 0.5) is 4.79 Å². The van der Waals surface area contributed by atoms with Crippen molar-refractivity contribution in [3.8, 4) is 0 Å². The number of hydrogen-bond acceptors (Lipinski definition) is 3. The Morgan fingerprint density at radius 3 is 2.90 bits per heavy atom. The molecule has 0 radical (unpaired) electrons. The molecule has 0 saturated carbocycles.